The average molecular weight is 395 g/mol. The number of rotatable bonds is 7. The van der Waals surface area contributed by atoms with E-state index in [9.17, 15) is 9.59 Å². The zero-order chi connectivity index (χ0) is 20.6. The number of benzene rings is 2. The minimum atomic E-state index is -0.498. The van der Waals surface area contributed by atoms with Gasteiger partial charge < -0.3 is 20.9 Å². The van der Waals surface area contributed by atoms with Gasteiger partial charge in [-0.2, -0.15) is 0 Å². The van der Waals surface area contributed by atoms with Gasteiger partial charge in [-0.25, -0.2) is 4.79 Å². The van der Waals surface area contributed by atoms with E-state index in [2.05, 4.69) is 22.3 Å². The summed E-state index contributed by atoms with van der Waals surface area (Å²) in [6.45, 7) is 2.55. The van der Waals surface area contributed by atoms with E-state index in [0.717, 1.165) is 44.5 Å². The molecular weight excluding hydrogens is 364 g/mol. The zero-order valence-corrected chi connectivity index (χ0v) is 17.1. The van der Waals surface area contributed by atoms with Crippen LogP contribution in [0.4, 0.5) is 16.2 Å². The van der Waals surface area contributed by atoms with Gasteiger partial charge in [-0.15, -0.1) is 0 Å². The van der Waals surface area contributed by atoms with Crippen LogP contribution in [-0.2, 0) is 6.42 Å². The highest BCUT2D eigenvalue weighted by Gasteiger charge is 2.18. The molecule has 154 valence electrons. The van der Waals surface area contributed by atoms with Gasteiger partial charge in [0.15, 0.2) is 0 Å². The number of nitrogens with zero attached hydrogens (tertiary/aromatic N) is 2. The van der Waals surface area contributed by atoms with Crippen LogP contribution in [0.25, 0.3) is 0 Å². The monoisotopic (exact) mass is 394 g/mol. The number of carbonyl (C=O) groups is 2. The van der Waals surface area contributed by atoms with Crippen LogP contribution in [0.15, 0.2) is 48.5 Å². The Balaban J connectivity index is 1.65. The summed E-state index contributed by atoms with van der Waals surface area (Å²) >= 11 is 0. The van der Waals surface area contributed by atoms with Crippen molar-refractivity contribution in [3.63, 3.8) is 0 Å². The number of nitrogens with two attached hydrogens (primary N) is 1. The van der Waals surface area contributed by atoms with Gasteiger partial charge in [0.05, 0.1) is 11.4 Å². The maximum atomic E-state index is 12.8. The lowest BCUT2D eigenvalue weighted by Gasteiger charge is -2.31. The number of aryl methyl sites for hydroxylation is 1. The molecule has 6 nitrogen and oxygen atoms in total. The number of carbonyl (C=O) groups excluding carboxylic acids is 2. The molecule has 0 bridgehead atoms. The van der Waals surface area contributed by atoms with Crippen molar-refractivity contribution in [1.82, 2.24) is 4.90 Å². The molecule has 6 heteroatoms. The van der Waals surface area contributed by atoms with Crippen LogP contribution in [0.1, 0.15) is 41.6 Å². The first kappa shape index (κ1) is 20.7. The second-order valence-corrected chi connectivity index (χ2v) is 7.58. The van der Waals surface area contributed by atoms with E-state index in [1.807, 2.05) is 24.3 Å². The highest BCUT2D eigenvalue weighted by Crippen LogP contribution is 2.30. The Morgan fingerprint density at radius 2 is 1.79 bits per heavy atom. The molecule has 29 heavy (non-hydrogen) atoms. The highest BCUT2D eigenvalue weighted by molar-refractivity contribution is 5.98. The lowest BCUT2D eigenvalue weighted by molar-refractivity contribution is 0.1000. The summed E-state index contributed by atoms with van der Waals surface area (Å²) in [7, 11) is 1.79. The minimum Gasteiger partial charge on any atom is -0.370 e. The summed E-state index contributed by atoms with van der Waals surface area (Å²) in [6, 6.07) is 15.4. The van der Waals surface area contributed by atoms with Crippen molar-refractivity contribution in [1.29, 1.82) is 0 Å². The fourth-order valence-electron chi connectivity index (χ4n) is 3.68. The molecule has 1 fully saturated rings. The van der Waals surface area contributed by atoms with E-state index in [-0.39, 0.29) is 6.03 Å². The predicted octanol–water partition coefficient (Wildman–Crippen LogP) is 3.87. The normalized spacial score (nSPS) is 13.8. The molecule has 0 atom stereocenters. The number of nitrogens with one attached hydrogen (secondary N) is 1. The Morgan fingerprint density at radius 1 is 1.07 bits per heavy atom. The Hall–Kier alpha value is -3.02. The van der Waals surface area contributed by atoms with Crippen LogP contribution in [0, 0.1) is 0 Å². The molecule has 3 amide bonds. The van der Waals surface area contributed by atoms with Gasteiger partial charge in [-0.1, -0.05) is 30.3 Å². The molecule has 0 unspecified atom stereocenters. The summed E-state index contributed by atoms with van der Waals surface area (Å²) in [5, 5.41) is 2.99. The molecular formula is C23H30N4O2. The molecule has 1 aliphatic rings. The first-order valence-corrected chi connectivity index (χ1v) is 10.3. The van der Waals surface area contributed by atoms with Gasteiger partial charge in [-0.05, 0) is 55.9 Å². The number of hydrogen-bond donors (Lipinski definition) is 2. The number of piperidine rings is 1. The van der Waals surface area contributed by atoms with Crippen molar-refractivity contribution in [2.24, 2.45) is 5.73 Å². The number of urea groups is 1. The topological polar surface area (TPSA) is 78.7 Å². The Kier molecular flexibility index (Phi) is 7.11. The summed E-state index contributed by atoms with van der Waals surface area (Å²) in [5.41, 5.74) is 8.70. The van der Waals surface area contributed by atoms with Gasteiger partial charge in [0.1, 0.15) is 0 Å². The van der Waals surface area contributed by atoms with Crippen LogP contribution in [0.5, 0.6) is 0 Å². The molecule has 2 aromatic carbocycles. The fourth-order valence-corrected chi connectivity index (χ4v) is 3.68. The maximum absolute atomic E-state index is 12.8. The van der Waals surface area contributed by atoms with Gasteiger partial charge >= 0.3 is 6.03 Å². The van der Waals surface area contributed by atoms with Gasteiger partial charge in [0, 0.05) is 32.2 Å². The summed E-state index contributed by atoms with van der Waals surface area (Å²) in [6.07, 6.45) is 5.29. The molecule has 3 rings (SSSR count). The molecule has 1 heterocycles. The van der Waals surface area contributed by atoms with Crippen molar-refractivity contribution in [2.75, 3.05) is 36.9 Å². The van der Waals surface area contributed by atoms with Crippen molar-refractivity contribution in [3.05, 3.63) is 59.7 Å². The lowest BCUT2D eigenvalue weighted by atomic mass is 10.1. The van der Waals surface area contributed by atoms with E-state index in [4.69, 9.17) is 5.73 Å². The summed E-state index contributed by atoms with van der Waals surface area (Å²) in [5.74, 6) is -0.498. The molecule has 1 aliphatic heterocycles. The SMILES string of the molecule is CN(CCCc1ccccc1)C(=O)Nc1cc(C(N)=O)ccc1N1CCCCC1. The van der Waals surface area contributed by atoms with Crippen LogP contribution in [0.2, 0.25) is 0 Å². The second-order valence-electron chi connectivity index (χ2n) is 7.58. The average Bonchev–Trinajstić information content (AvgIpc) is 2.75. The first-order valence-electron chi connectivity index (χ1n) is 10.3. The van der Waals surface area contributed by atoms with E-state index in [1.165, 1.54) is 12.0 Å². The molecule has 0 aromatic heterocycles. The standard InChI is InChI=1S/C23H30N4O2/c1-26(14-8-11-18-9-4-2-5-10-18)23(29)25-20-17-19(22(24)28)12-13-21(20)27-15-6-3-7-16-27/h2,4-5,9-10,12-13,17H,3,6-8,11,14-16H2,1H3,(H2,24,28)(H,25,29). The molecule has 0 saturated carbocycles. The number of hydrogen-bond acceptors (Lipinski definition) is 3. The summed E-state index contributed by atoms with van der Waals surface area (Å²) in [4.78, 5) is 28.3. The van der Waals surface area contributed by atoms with E-state index in [1.54, 1.807) is 24.1 Å². The van der Waals surface area contributed by atoms with Crippen molar-refractivity contribution in [2.45, 2.75) is 32.1 Å². The quantitative estimate of drug-likeness (QED) is 0.748. The fraction of sp³-hybridized carbons (Fsp3) is 0.391. The van der Waals surface area contributed by atoms with Crippen molar-refractivity contribution >= 4 is 23.3 Å². The van der Waals surface area contributed by atoms with Crippen LogP contribution in [-0.4, -0.2) is 43.5 Å². The third kappa shape index (κ3) is 5.73. The summed E-state index contributed by atoms with van der Waals surface area (Å²) < 4.78 is 0. The molecule has 2 aromatic rings. The molecule has 0 radical (unpaired) electrons. The Labute approximate surface area is 172 Å². The third-order valence-electron chi connectivity index (χ3n) is 5.37. The minimum absolute atomic E-state index is 0.182. The molecule has 0 spiro atoms. The second kappa shape index (κ2) is 9.96. The number of primary amides is 1. The van der Waals surface area contributed by atoms with Crippen molar-refractivity contribution in [3.8, 4) is 0 Å². The van der Waals surface area contributed by atoms with E-state index < -0.39 is 5.91 Å². The van der Waals surface area contributed by atoms with Crippen molar-refractivity contribution < 1.29 is 9.59 Å². The van der Waals surface area contributed by atoms with E-state index in [0.29, 0.717) is 17.8 Å². The van der Waals surface area contributed by atoms with Gasteiger partial charge in [-0.3, -0.25) is 4.79 Å². The molecule has 0 aliphatic carbocycles. The number of anilines is 2. The first-order chi connectivity index (χ1) is 14.0. The van der Waals surface area contributed by atoms with Crippen LogP contribution < -0.4 is 16.0 Å². The smallest absolute Gasteiger partial charge is 0.321 e. The highest BCUT2D eigenvalue weighted by atomic mass is 16.2. The molecule has 1 saturated heterocycles. The van der Waals surface area contributed by atoms with Gasteiger partial charge in [0.2, 0.25) is 5.91 Å². The third-order valence-corrected chi connectivity index (χ3v) is 5.37. The zero-order valence-electron chi connectivity index (χ0n) is 17.1. The Bertz CT molecular complexity index is 832. The lowest BCUT2D eigenvalue weighted by Crippen LogP contribution is -2.34. The Morgan fingerprint density at radius 3 is 2.48 bits per heavy atom. The van der Waals surface area contributed by atoms with Gasteiger partial charge in [0.25, 0.3) is 0 Å². The maximum Gasteiger partial charge on any atom is 0.321 e. The van der Waals surface area contributed by atoms with E-state index >= 15 is 0 Å². The van der Waals surface area contributed by atoms with Crippen LogP contribution >= 0.6 is 0 Å². The van der Waals surface area contributed by atoms with Crippen LogP contribution in [0.3, 0.4) is 0 Å². The predicted molar refractivity (Wildman–Crippen MR) is 117 cm³/mol. The largest absolute Gasteiger partial charge is 0.370 e. The number of amides is 3. The molecule has 3 N–H and O–H groups in total.